The summed E-state index contributed by atoms with van der Waals surface area (Å²) in [6, 6.07) is 8.48. The molecule has 2 unspecified atom stereocenters. The molecule has 78 valence electrons. The average Bonchev–Trinajstić information content (AvgIpc) is 2.01. The van der Waals surface area contributed by atoms with Crippen molar-refractivity contribution in [2.24, 2.45) is 5.92 Å². The highest BCUT2D eigenvalue weighted by molar-refractivity contribution is 9.10. The maximum Gasteiger partial charge on any atom is 0.0310 e. The standard InChI is InChI=1S/C12H16BrCl/c1-9(6-10(2)14)7-11-4-3-5-12(13)8-11/h3-5,8-10H,6-7H2,1-2H3. The van der Waals surface area contributed by atoms with Crippen molar-refractivity contribution >= 4 is 27.5 Å². The lowest BCUT2D eigenvalue weighted by Gasteiger charge is -2.12. The molecule has 14 heavy (non-hydrogen) atoms. The minimum atomic E-state index is 0.275. The first-order valence-corrected chi connectivity index (χ1v) is 6.19. The molecule has 0 spiro atoms. The molecule has 0 aliphatic heterocycles. The van der Waals surface area contributed by atoms with Crippen molar-refractivity contribution < 1.29 is 0 Å². The van der Waals surface area contributed by atoms with Crippen LogP contribution in [0.15, 0.2) is 28.7 Å². The topological polar surface area (TPSA) is 0 Å². The van der Waals surface area contributed by atoms with E-state index in [0.29, 0.717) is 5.92 Å². The van der Waals surface area contributed by atoms with Gasteiger partial charge in [0.2, 0.25) is 0 Å². The van der Waals surface area contributed by atoms with Crippen molar-refractivity contribution in [1.82, 2.24) is 0 Å². The summed E-state index contributed by atoms with van der Waals surface area (Å²) < 4.78 is 1.15. The molecule has 1 aromatic carbocycles. The fraction of sp³-hybridized carbons (Fsp3) is 0.500. The zero-order chi connectivity index (χ0) is 10.6. The first kappa shape index (κ1) is 12.1. The Morgan fingerprint density at radius 3 is 2.64 bits per heavy atom. The van der Waals surface area contributed by atoms with E-state index in [-0.39, 0.29) is 5.38 Å². The fourth-order valence-corrected chi connectivity index (χ4v) is 2.45. The molecule has 0 saturated carbocycles. The van der Waals surface area contributed by atoms with Gasteiger partial charge in [-0.1, -0.05) is 35.0 Å². The Kier molecular flexibility index (Phi) is 4.97. The van der Waals surface area contributed by atoms with Crippen LogP contribution >= 0.6 is 27.5 Å². The number of hydrogen-bond donors (Lipinski definition) is 0. The molecule has 0 aliphatic rings. The van der Waals surface area contributed by atoms with Gasteiger partial charge < -0.3 is 0 Å². The van der Waals surface area contributed by atoms with Crippen LogP contribution in [0.25, 0.3) is 0 Å². The van der Waals surface area contributed by atoms with Crippen molar-refractivity contribution in [1.29, 1.82) is 0 Å². The molecule has 2 heteroatoms. The van der Waals surface area contributed by atoms with Gasteiger partial charge in [-0.25, -0.2) is 0 Å². The third-order valence-corrected chi connectivity index (χ3v) is 2.87. The van der Waals surface area contributed by atoms with Crippen molar-refractivity contribution in [3.63, 3.8) is 0 Å². The summed E-state index contributed by atoms with van der Waals surface area (Å²) in [6.45, 7) is 4.30. The van der Waals surface area contributed by atoms with Gasteiger partial charge in [0.05, 0.1) is 0 Å². The average molecular weight is 276 g/mol. The van der Waals surface area contributed by atoms with Gasteiger partial charge in [-0.05, 0) is 43.4 Å². The van der Waals surface area contributed by atoms with E-state index >= 15 is 0 Å². The van der Waals surface area contributed by atoms with Crippen LogP contribution < -0.4 is 0 Å². The van der Waals surface area contributed by atoms with Gasteiger partial charge >= 0.3 is 0 Å². The molecule has 0 saturated heterocycles. The first-order chi connectivity index (χ1) is 6.58. The van der Waals surface area contributed by atoms with E-state index in [4.69, 9.17) is 11.6 Å². The maximum atomic E-state index is 5.96. The summed E-state index contributed by atoms with van der Waals surface area (Å²) >= 11 is 9.44. The SMILES string of the molecule is CC(Cl)CC(C)Cc1cccc(Br)c1. The molecule has 1 aromatic rings. The lowest BCUT2D eigenvalue weighted by molar-refractivity contribution is 0.526. The van der Waals surface area contributed by atoms with E-state index in [0.717, 1.165) is 17.3 Å². The van der Waals surface area contributed by atoms with Crippen LogP contribution in [0.1, 0.15) is 25.8 Å². The summed E-state index contributed by atoms with van der Waals surface area (Å²) in [5.74, 6) is 0.650. The molecule has 0 amide bonds. The third kappa shape index (κ3) is 4.47. The van der Waals surface area contributed by atoms with Crippen LogP contribution in [-0.2, 0) is 6.42 Å². The minimum Gasteiger partial charge on any atom is -0.123 e. The largest absolute Gasteiger partial charge is 0.123 e. The predicted octanol–water partition coefficient (Wildman–Crippen LogP) is 4.65. The number of benzene rings is 1. The second kappa shape index (κ2) is 5.77. The second-order valence-corrected chi connectivity index (χ2v) is 5.62. The maximum absolute atomic E-state index is 5.96. The van der Waals surface area contributed by atoms with Crippen molar-refractivity contribution in [3.8, 4) is 0 Å². The zero-order valence-electron chi connectivity index (χ0n) is 8.63. The van der Waals surface area contributed by atoms with Crippen LogP contribution in [-0.4, -0.2) is 5.38 Å². The molecule has 0 heterocycles. The minimum absolute atomic E-state index is 0.275. The van der Waals surface area contributed by atoms with Gasteiger partial charge in [0.25, 0.3) is 0 Å². The van der Waals surface area contributed by atoms with Crippen LogP contribution in [0.5, 0.6) is 0 Å². The number of alkyl halides is 1. The Balaban J connectivity index is 2.51. The molecule has 0 bridgehead atoms. The van der Waals surface area contributed by atoms with Crippen molar-refractivity contribution in [3.05, 3.63) is 34.3 Å². The Morgan fingerprint density at radius 2 is 2.07 bits per heavy atom. The summed E-state index contributed by atoms with van der Waals surface area (Å²) in [5.41, 5.74) is 1.38. The van der Waals surface area contributed by atoms with Gasteiger partial charge in [-0.3, -0.25) is 0 Å². The Bertz CT molecular complexity index is 283. The van der Waals surface area contributed by atoms with Crippen molar-refractivity contribution in [2.45, 2.75) is 32.1 Å². The van der Waals surface area contributed by atoms with E-state index in [1.165, 1.54) is 5.56 Å². The van der Waals surface area contributed by atoms with E-state index in [1.807, 2.05) is 0 Å². The van der Waals surface area contributed by atoms with E-state index in [1.54, 1.807) is 0 Å². The highest BCUT2D eigenvalue weighted by Gasteiger charge is 2.07. The first-order valence-electron chi connectivity index (χ1n) is 4.96. The Labute approximate surface area is 99.8 Å². The lowest BCUT2D eigenvalue weighted by atomic mass is 9.97. The summed E-state index contributed by atoms with van der Waals surface area (Å²) in [7, 11) is 0. The third-order valence-electron chi connectivity index (χ3n) is 2.20. The van der Waals surface area contributed by atoms with Crippen LogP contribution in [0, 0.1) is 5.92 Å². The quantitative estimate of drug-likeness (QED) is 0.702. The second-order valence-electron chi connectivity index (χ2n) is 3.96. The highest BCUT2D eigenvalue weighted by atomic mass is 79.9. The van der Waals surface area contributed by atoms with Crippen LogP contribution in [0.3, 0.4) is 0 Å². The molecule has 2 atom stereocenters. The number of halogens is 2. The van der Waals surface area contributed by atoms with Gasteiger partial charge in [0, 0.05) is 9.85 Å². The predicted molar refractivity (Wildman–Crippen MR) is 66.9 cm³/mol. The smallest absolute Gasteiger partial charge is 0.0310 e. The molecule has 0 fully saturated rings. The van der Waals surface area contributed by atoms with E-state index in [2.05, 4.69) is 54.0 Å². The highest BCUT2D eigenvalue weighted by Crippen LogP contribution is 2.18. The molecule has 1 rings (SSSR count). The van der Waals surface area contributed by atoms with E-state index in [9.17, 15) is 0 Å². The fourth-order valence-electron chi connectivity index (χ4n) is 1.70. The molecular formula is C12H16BrCl. The van der Waals surface area contributed by atoms with Crippen LogP contribution in [0.4, 0.5) is 0 Å². The lowest BCUT2D eigenvalue weighted by Crippen LogP contribution is -2.05. The zero-order valence-corrected chi connectivity index (χ0v) is 11.0. The van der Waals surface area contributed by atoms with Gasteiger partial charge in [0.15, 0.2) is 0 Å². The molecule has 0 aliphatic carbocycles. The van der Waals surface area contributed by atoms with Gasteiger partial charge in [-0.2, -0.15) is 0 Å². The van der Waals surface area contributed by atoms with Crippen molar-refractivity contribution in [2.75, 3.05) is 0 Å². The summed E-state index contributed by atoms with van der Waals surface area (Å²) in [5, 5.41) is 0.275. The Hall–Kier alpha value is -0.0100. The number of hydrogen-bond acceptors (Lipinski definition) is 0. The van der Waals surface area contributed by atoms with Gasteiger partial charge in [0.1, 0.15) is 0 Å². The molecule has 0 radical (unpaired) electrons. The summed E-state index contributed by atoms with van der Waals surface area (Å²) in [6.07, 6.45) is 2.19. The van der Waals surface area contributed by atoms with Crippen LogP contribution in [0.2, 0.25) is 0 Å². The monoisotopic (exact) mass is 274 g/mol. The van der Waals surface area contributed by atoms with Gasteiger partial charge in [-0.15, -0.1) is 11.6 Å². The molecule has 0 N–H and O–H groups in total. The Morgan fingerprint density at radius 1 is 1.36 bits per heavy atom. The molecule has 0 nitrogen and oxygen atoms in total. The van der Waals surface area contributed by atoms with E-state index < -0.39 is 0 Å². The molecular weight excluding hydrogens is 259 g/mol. The summed E-state index contributed by atoms with van der Waals surface area (Å²) in [4.78, 5) is 0. The normalized spacial score (nSPS) is 15.1. The molecule has 0 aromatic heterocycles. The number of rotatable bonds is 4.